The van der Waals surface area contributed by atoms with Crippen LogP contribution in [0.5, 0.6) is 5.75 Å². The van der Waals surface area contributed by atoms with Crippen LogP contribution in [0.25, 0.3) is 0 Å². The number of ether oxygens (including phenoxy) is 1. The van der Waals surface area contributed by atoms with Crippen molar-refractivity contribution in [3.05, 3.63) is 83.0 Å². The van der Waals surface area contributed by atoms with Gasteiger partial charge in [0, 0.05) is 11.8 Å². The van der Waals surface area contributed by atoms with Gasteiger partial charge in [-0.1, -0.05) is 55.4 Å². The third-order valence-corrected chi connectivity index (χ3v) is 6.03. The van der Waals surface area contributed by atoms with Crippen molar-refractivity contribution in [1.29, 1.82) is 0 Å². The molecule has 0 fully saturated rings. The average molecular weight is 492 g/mol. The molecule has 0 saturated heterocycles. The van der Waals surface area contributed by atoms with Gasteiger partial charge in [-0.05, 0) is 80.9 Å². The van der Waals surface area contributed by atoms with Crippen LogP contribution in [0.2, 0.25) is 0 Å². The minimum Gasteiger partial charge on any atom is -0.481 e. The zero-order valence-corrected chi connectivity index (χ0v) is 21.9. The maximum absolute atomic E-state index is 12.3. The zero-order valence-electron chi connectivity index (χ0n) is 21.9. The molecule has 0 aliphatic heterocycles. The van der Waals surface area contributed by atoms with Crippen molar-refractivity contribution in [2.24, 2.45) is 5.41 Å². The molecular weight excluding hydrogens is 454 g/mol. The maximum atomic E-state index is 12.3. The molecule has 2 rings (SSSR count). The lowest BCUT2D eigenvalue weighted by Crippen LogP contribution is -2.19. The molecule has 1 aromatic rings. The summed E-state index contributed by atoms with van der Waals surface area (Å²) in [7, 11) is 0. The molecule has 6 nitrogen and oxygen atoms in total. The molecule has 1 aromatic carbocycles. The molecule has 1 amide bonds. The Morgan fingerprint density at radius 2 is 1.75 bits per heavy atom. The molecule has 36 heavy (non-hydrogen) atoms. The van der Waals surface area contributed by atoms with Crippen molar-refractivity contribution in [3.63, 3.8) is 0 Å². The summed E-state index contributed by atoms with van der Waals surface area (Å²) < 4.78 is 5.07. The van der Waals surface area contributed by atoms with Gasteiger partial charge in [-0.15, -0.1) is 0 Å². The second-order valence-corrected chi connectivity index (χ2v) is 9.80. The van der Waals surface area contributed by atoms with Crippen LogP contribution in [0.4, 0.5) is 5.69 Å². The van der Waals surface area contributed by atoms with Crippen LogP contribution in [-0.4, -0.2) is 23.0 Å². The molecular formula is C30H37NO5. The van der Waals surface area contributed by atoms with Crippen molar-refractivity contribution in [1.82, 2.24) is 0 Å². The minimum atomic E-state index is -1.06. The van der Waals surface area contributed by atoms with E-state index in [0.717, 1.165) is 11.1 Å². The van der Waals surface area contributed by atoms with Crippen LogP contribution < -0.4 is 10.1 Å². The number of anilines is 1. The molecule has 0 radical (unpaired) electrons. The number of carbonyl (C=O) groups excluding carboxylic acids is 2. The van der Waals surface area contributed by atoms with Crippen LogP contribution in [0.15, 0.2) is 83.0 Å². The van der Waals surface area contributed by atoms with E-state index in [9.17, 15) is 14.4 Å². The summed E-state index contributed by atoms with van der Waals surface area (Å²) in [6.07, 6.45) is 14.9. The summed E-state index contributed by atoms with van der Waals surface area (Å²) in [5.74, 6) is -1.67. The van der Waals surface area contributed by atoms with Gasteiger partial charge < -0.3 is 15.2 Å². The highest BCUT2D eigenvalue weighted by Gasteiger charge is 2.26. The van der Waals surface area contributed by atoms with Crippen molar-refractivity contribution >= 4 is 23.5 Å². The molecule has 1 aliphatic rings. The fourth-order valence-corrected chi connectivity index (χ4v) is 4.06. The number of aliphatic carboxylic acids is 1. The monoisotopic (exact) mass is 491 g/mol. The highest BCUT2D eigenvalue weighted by molar-refractivity contribution is 6.00. The molecule has 0 aromatic heterocycles. The molecule has 192 valence electrons. The van der Waals surface area contributed by atoms with Gasteiger partial charge >= 0.3 is 11.9 Å². The summed E-state index contributed by atoms with van der Waals surface area (Å²) in [5, 5.41) is 11.4. The fraction of sp³-hybridized carbons (Fsp3) is 0.367. The van der Waals surface area contributed by atoms with E-state index < -0.39 is 11.9 Å². The Balaban J connectivity index is 1.89. The summed E-state index contributed by atoms with van der Waals surface area (Å²) in [6, 6.07) is 6.30. The predicted molar refractivity (Wildman–Crippen MR) is 144 cm³/mol. The number of nitrogens with one attached hydrogen (secondary N) is 1. The largest absolute Gasteiger partial charge is 0.481 e. The maximum Gasteiger partial charge on any atom is 0.311 e. The van der Waals surface area contributed by atoms with Crippen molar-refractivity contribution in [2.45, 2.75) is 66.7 Å². The number of hydrogen-bond donors (Lipinski definition) is 2. The number of allylic oxidation sites excluding steroid dienone is 9. The van der Waals surface area contributed by atoms with Gasteiger partial charge in [0.05, 0.1) is 12.8 Å². The smallest absolute Gasteiger partial charge is 0.311 e. The van der Waals surface area contributed by atoms with Gasteiger partial charge in [0.25, 0.3) is 0 Å². The number of amides is 1. The van der Waals surface area contributed by atoms with E-state index in [1.165, 1.54) is 48.6 Å². The summed E-state index contributed by atoms with van der Waals surface area (Å²) >= 11 is 0. The quantitative estimate of drug-likeness (QED) is 0.160. The summed E-state index contributed by atoms with van der Waals surface area (Å²) in [6.45, 7) is 10.8. The van der Waals surface area contributed by atoms with E-state index in [1.807, 2.05) is 25.2 Å². The normalized spacial score (nSPS) is 16.5. The van der Waals surface area contributed by atoms with Gasteiger partial charge in [0.1, 0.15) is 5.75 Å². The molecule has 2 N–H and O–H groups in total. The van der Waals surface area contributed by atoms with E-state index >= 15 is 0 Å². The first-order valence-corrected chi connectivity index (χ1v) is 12.2. The molecule has 6 heteroatoms. The first-order valence-electron chi connectivity index (χ1n) is 12.2. The summed E-state index contributed by atoms with van der Waals surface area (Å²) in [4.78, 5) is 34.4. The third-order valence-electron chi connectivity index (χ3n) is 6.03. The van der Waals surface area contributed by atoms with Crippen molar-refractivity contribution in [2.75, 3.05) is 5.32 Å². The second kappa shape index (κ2) is 13.4. The van der Waals surface area contributed by atoms with Gasteiger partial charge in [0.15, 0.2) is 0 Å². The van der Waals surface area contributed by atoms with Crippen LogP contribution in [-0.2, 0) is 14.4 Å². The highest BCUT2D eigenvalue weighted by Crippen LogP contribution is 2.40. The highest BCUT2D eigenvalue weighted by atomic mass is 16.5. The Kier molecular flexibility index (Phi) is 10.7. The molecule has 0 heterocycles. The Morgan fingerprint density at radius 3 is 2.39 bits per heavy atom. The van der Waals surface area contributed by atoms with E-state index in [-0.39, 0.29) is 29.9 Å². The second-order valence-electron chi connectivity index (χ2n) is 9.80. The van der Waals surface area contributed by atoms with Crippen LogP contribution >= 0.6 is 0 Å². The van der Waals surface area contributed by atoms with Crippen LogP contribution in [0.3, 0.4) is 0 Å². The number of carbonyl (C=O) groups is 3. The third kappa shape index (κ3) is 9.90. The van der Waals surface area contributed by atoms with Crippen LogP contribution in [0.1, 0.15) is 66.7 Å². The van der Waals surface area contributed by atoms with E-state index in [4.69, 9.17) is 9.84 Å². The minimum absolute atomic E-state index is 0.202. The van der Waals surface area contributed by atoms with Gasteiger partial charge in [0.2, 0.25) is 5.91 Å². The lowest BCUT2D eigenvalue weighted by molar-refractivity contribution is -0.142. The average Bonchev–Trinajstić information content (AvgIpc) is 2.78. The number of benzene rings is 1. The topological polar surface area (TPSA) is 92.7 Å². The standard InChI is InChI=1S/C30H37NO5/c1-21(11-16-26-23(3)10-7-19-30(26,4)5)8-6-9-22(2)20-27(32)31-24-12-14-25(15-13-24)36-29(35)18-17-28(33)34/h6,8-9,11-16,20H,7,10,17-19H2,1-5H3,(H,31,32)(H,33,34). The molecule has 0 bridgehead atoms. The first kappa shape index (κ1) is 28.6. The fourth-order valence-electron chi connectivity index (χ4n) is 4.06. The van der Waals surface area contributed by atoms with Gasteiger partial charge in [-0.25, -0.2) is 0 Å². The van der Waals surface area contributed by atoms with E-state index in [0.29, 0.717) is 5.69 Å². The number of rotatable bonds is 10. The lowest BCUT2D eigenvalue weighted by atomic mass is 9.72. The Morgan fingerprint density at radius 1 is 1.06 bits per heavy atom. The lowest BCUT2D eigenvalue weighted by Gasteiger charge is -2.32. The Labute approximate surface area is 214 Å². The molecule has 0 saturated carbocycles. The summed E-state index contributed by atoms with van der Waals surface area (Å²) in [5.41, 5.74) is 5.61. The molecule has 1 aliphatic carbocycles. The van der Waals surface area contributed by atoms with Crippen LogP contribution in [0, 0.1) is 5.41 Å². The predicted octanol–water partition coefficient (Wildman–Crippen LogP) is 6.93. The van der Waals surface area contributed by atoms with Crippen molar-refractivity contribution < 1.29 is 24.2 Å². The van der Waals surface area contributed by atoms with Gasteiger partial charge in [-0.2, -0.15) is 0 Å². The number of hydrogen-bond acceptors (Lipinski definition) is 4. The molecule has 0 atom stereocenters. The number of carboxylic acids is 1. The SMILES string of the molecule is CC(C=CC1=C(C)CCCC1(C)C)=CC=CC(C)=CC(=O)Nc1ccc(OC(=O)CCC(=O)O)cc1. The zero-order chi connectivity index (χ0) is 26.7. The Bertz CT molecular complexity index is 1110. The molecule has 0 unspecified atom stereocenters. The van der Waals surface area contributed by atoms with Gasteiger partial charge in [-0.3, -0.25) is 14.4 Å². The number of esters is 1. The van der Waals surface area contributed by atoms with E-state index in [2.05, 4.69) is 45.2 Å². The molecule has 0 spiro atoms. The number of carboxylic acid groups (broad SMARTS) is 1. The van der Waals surface area contributed by atoms with Crippen molar-refractivity contribution in [3.8, 4) is 5.75 Å². The Hall–Kier alpha value is -3.67. The van der Waals surface area contributed by atoms with E-state index in [1.54, 1.807) is 12.1 Å². The first-order chi connectivity index (χ1) is 17.0.